The fourth-order valence-corrected chi connectivity index (χ4v) is 2.27. The van der Waals surface area contributed by atoms with Crippen LogP contribution in [0.15, 0.2) is 65.5 Å². The van der Waals surface area contributed by atoms with Gasteiger partial charge in [-0.15, -0.1) is 0 Å². The van der Waals surface area contributed by atoms with Crippen LogP contribution in [0.1, 0.15) is 0 Å². The number of aromatic nitrogens is 2. The number of nitrogens with zero attached hydrogens (tertiary/aromatic N) is 2. The minimum atomic E-state index is 0.777. The molecular weight excluding hydrogens is 250 g/mol. The van der Waals surface area contributed by atoms with Gasteiger partial charge >= 0.3 is 0 Å². The molecule has 2 aromatic heterocycles. The van der Waals surface area contributed by atoms with Gasteiger partial charge in [0.05, 0.1) is 11.8 Å². The van der Waals surface area contributed by atoms with Crippen LogP contribution in [0.2, 0.25) is 0 Å². The molecule has 2 heterocycles. The van der Waals surface area contributed by atoms with Gasteiger partial charge < -0.3 is 9.73 Å². The Morgan fingerprint density at radius 1 is 0.950 bits per heavy atom. The Morgan fingerprint density at radius 3 is 2.75 bits per heavy atom. The Morgan fingerprint density at radius 2 is 1.85 bits per heavy atom. The van der Waals surface area contributed by atoms with Crippen molar-refractivity contribution in [3.8, 4) is 0 Å². The lowest BCUT2D eigenvalue weighted by atomic mass is 10.2. The summed E-state index contributed by atoms with van der Waals surface area (Å²) < 4.78 is 5.45. The van der Waals surface area contributed by atoms with E-state index in [4.69, 9.17) is 4.42 Å². The third-order valence-electron chi connectivity index (χ3n) is 3.25. The van der Waals surface area contributed by atoms with E-state index in [1.54, 1.807) is 12.6 Å². The molecule has 4 rings (SSSR count). The van der Waals surface area contributed by atoms with E-state index in [0.717, 1.165) is 33.4 Å². The minimum Gasteiger partial charge on any atom is -0.464 e. The van der Waals surface area contributed by atoms with Crippen LogP contribution in [-0.2, 0) is 0 Å². The smallest absolute Gasteiger partial charge is 0.141 e. The molecule has 0 aliphatic rings. The van der Waals surface area contributed by atoms with Crippen molar-refractivity contribution < 1.29 is 4.42 Å². The maximum absolute atomic E-state index is 5.45. The first kappa shape index (κ1) is 11.0. The van der Waals surface area contributed by atoms with Gasteiger partial charge in [-0.3, -0.25) is 0 Å². The fraction of sp³-hybridized carbons (Fsp3) is 0. The molecule has 4 heteroatoms. The number of para-hydroxylation sites is 1. The molecule has 4 aromatic rings. The Kier molecular flexibility index (Phi) is 2.39. The molecule has 4 nitrogen and oxygen atoms in total. The molecule has 0 aliphatic carbocycles. The molecule has 0 amide bonds. The number of furan rings is 1. The topological polar surface area (TPSA) is 51.0 Å². The highest BCUT2D eigenvalue weighted by atomic mass is 16.3. The summed E-state index contributed by atoms with van der Waals surface area (Å²) in [7, 11) is 0. The van der Waals surface area contributed by atoms with E-state index >= 15 is 0 Å². The Bertz CT molecular complexity index is 884. The number of benzene rings is 2. The van der Waals surface area contributed by atoms with Crippen LogP contribution in [0, 0.1) is 0 Å². The molecule has 0 bridgehead atoms. The Balaban J connectivity index is 1.90. The first-order valence-electron chi connectivity index (χ1n) is 6.34. The summed E-state index contributed by atoms with van der Waals surface area (Å²) in [5.41, 5.74) is 2.72. The largest absolute Gasteiger partial charge is 0.464 e. The molecule has 0 saturated heterocycles. The second-order valence-electron chi connectivity index (χ2n) is 4.54. The van der Waals surface area contributed by atoms with Gasteiger partial charge in [-0.1, -0.05) is 18.2 Å². The highest BCUT2D eigenvalue weighted by Crippen LogP contribution is 2.27. The Hall–Kier alpha value is -2.88. The zero-order valence-corrected chi connectivity index (χ0v) is 10.6. The quantitative estimate of drug-likeness (QED) is 0.589. The van der Waals surface area contributed by atoms with Crippen molar-refractivity contribution in [3.05, 3.63) is 61.1 Å². The maximum Gasteiger partial charge on any atom is 0.141 e. The summed E-state index contributed by atoms with van der Waals surface area (Å²) in [6, 6.07) is 15.9. The molecule has 0 radical (unpaired) electrons. The van der Waals surface area contributed by atoms with Gasteiger partial charge in [0, 0.05) is 16.5 Å². The molecule has 0 spiro atoms. The maximum atomic E-state index is 5.45. The monoisotopic (exact) mass is 261 g/mol. The van der Waals surface area contributed by atoms with Gasteiger partial charge in [0.15, 0.2) is 0 Å². The number of hydrogen-bond donors (Lipinski definition) is 1. The van der Waals surface area contributed by atoms with E-state index in [1.807, 2.05) is 48.5 Å². The summed E-state index contributed by atoms with van der Waals surface area (Å²) in [5.74, 6) is 0.777. The van der Waals surface area contributed by atoms with E-state index in [-0.39, 0.29) is 0 Å². The molecule has 1 N–H and O–H groups in total. The van der Waals surface area contributed by atoms with Crippen LogP contribution in [0.3, 0.4) is 0 Å². The van der Waals surface area contributed by atoms with Gasteiger partial charge in [0.1, 0.15) is 17.7 Å². The van der Waals surface area contributed by atoms with Gasteiger partial charge in [0.25, 0.3) is 0 Å². The van der Waals surface area contributed by atoms with E-state index in [2.05, 4.69) is 15.3 Å². The first-order chi connectivity index (χ1) is 9.90. The van der Waals surface area contributed by atoms with Crippen LogP contribution >= 0.6 is 0 Å². The standard InChI is InChI=1S/C16H11N3O/c1-2-4-12(5-3-1)19-16-13-9-15-11(6-7-20-15)8-14(13)17-10-18-16/h1-10H,(H,17,18,19). The second kappa shape index (κ2) is 4.35. The van der Waals surface area contributed by atoms with Crippen molar-refractivity contribution in [2.24, 2.45) is 0 Å². The average Bonchev–Trinajstić information content (AvgIpc) is 2.94. The van der Waals surface area contributed by atoms with Crippen molar-refractivity contribution in [2.75, 3.05) is 5.32 Å². The lowest BCUT2D eigenvalue weighted by molar-refractivity contribution is 0.616. The van der Waals surface area contributed by atoms with Crippen LogP contribution in [0.5, 0.6) is 0 Å². The fourth-order valence-electron chi connectivity index (χ4n) is 2.27. The SMILES string of the molecule is c1ccc(Nc2ncnc3cc4ccoc4cc23)cc1. The third kappa shape index (κ3) is 1.78. The van der Waals surface area contributed by atoms with E-state index in [9.17, 15) is 0 Å². The Labute approximate surface area is 115 Å². The zero-order valence-electron chi connectivity index (χ0n) is 10.6. The average molecular weight is 261 g/mol. The van der Waals surface area contributed by atoms with E-state index in [1.165, 1.54) is 0 Å². The summed E-state index contributed by atoms with van der Waals surface area (Å²) in [6.45, 7) is 0. The number of rotatable bonds is 2. The predicted octanol–water partition coefficient (Wildman–Crippen LogP) is 4.12. The van der Waals surface area contributed by atoms with Gasteiger partial charge in [0.2, 0.25) is 0 Å². The zero-order chi connectivity index (χ0) is 13.4. The molecule has 0 aliphatic heterocycles. The lowest BCUT2D eigenvalue weighted by Crippen LogP contribution is -1.95. The lowest BCUT2D eigenvalue weighted by Gasteiger charge is -2.08. The molecule has 20 heavy (non-hydrogen) atoms. The normalized spacial score (nSPS) is 11.0. The van der Waals surface area contributed by atoms with Crippen LogP contribution in [0.25, 0.3) is 21.9 Å². The van der Waals surface area contributed by atoms with Gasteiger partial charge in [-0.2, -0.15) is 0 Å². The summed E-state index contributed by atoms with van der Waals surface area (Å²) >= 11 is 0. The summed E-state index contributed by atoms with van der Waals surface area (Å²) in [5, 5.41) is 5.30. The molecule has 0 unspecified atom stereocenters. The van der Waals surface area contributed by atoms with E-state index in [0.29, 0.717) is 0 Å². The van der Waals surface area contributed by atoms with Crippen molar-refractivity contribution in [1.29, 1.82) is 0 Å². The molecule has 0 atom stereocenters. The molecule has 0 saturated carbocycles. The number of nitrogens with one attached hydrogen (secondary N) is 1. The van der Waals surface area contributed by atoms with Gasteiger partial charge in [-0.05, 0) is 30.3 Å². The molecule has 0 fully saturated rings. The molecule has 2 aromatic carbocycles. The van der Waals surface area contributed by atoms with Crippen molar-refractivity contribution in [2.45, 2.75) is 0 Å². The number of hydrogen-bond acceptors (Lipinski definition) is 4. The van der Waals surface area contributed by atoms with Crippen molar-refractivity contribution in [1.82, 2.24) is 9.97 Å². The third-order valence-corrected chi connectivity index (χ3v) is 3.25. The highest BCUT2D eigenvalue weighted by molar-refractivity contribution is 5.99. The first-order valence-corrected chi connectivity index (χ1v) is 6.34. The number of fused-ring (bicyclic) bond motifs is 2. The van der Waals surface area contributed by atoms with Crippen LogP contribution < -0.4 is 5.32 Å². The van der Waals surface area contributed by atoms with Gasteiger partial charge in [-0.25, -0.2) is 9.97 Å². The summed E-state index contributed by atoms with van der Waals surface area (Å²) in [6.07, 6.45) is 3.25. The predicted molar refractivity (Wildman–Crippen MR) is 79.0 cm³/mol. The molecule has 96 valence electrons. The van der Waals surface area contributed by atoms with Crippen molar-refractivity contribution >= 4 is 33.4 Å². The van der Waals surface area contributed by atoms with Crippen LogP contribution in [0.4, 0.5) is 11.5 Å². The summed E-state index contributed by atoms with van der Waals surface area (Å²) in [4.78, 5) is 8.65. The number of anilines is 2. The second-order valence-corrected chi connectivity index (χ2v) is 4.54. The van der Waals surface area contributed by atoms with E-state index < -0.39 is 0 Å². The minimum absolute atomic E-state index is 0.777. The molecular formula is C16H11N3O. The highest BCUT2D eigenvalue weighted by Gasteiger charge is 2.07. The van der Waals surface area contributed by atoms with Crippen molar-refractivity contribution in [3.63, 3.8) is 0 Å². The van der Waals surface area contributed by atoms with Crippen LogP contribution in [-0.4, -0.2) is 9.97 Å².